The van der Waals surface area contributed by atoms with Crippen LogP contribution < -0.4 is 0 Å². The van der Waals surface area contributed by atoms with Crippen LogP contribution in [0.4, 0.5) is 5.69 Å². The van der Waals surface area contributed by atoms with Gasteiger partial charge in [0.1, 0.15) is 11.9 Å². The number of allylic oxidation sites excluding steroid dienone is 1. The van der Waals surface area contributed by atoms with Gasteiger partial charge in [0.15, 0.2) is 0 Å². The summed E-state index contributed by atoms with van der Waals surface area (Å²) in [5.74, 6) is 1.09. The molecule has 1 atom stereocenters. The van der Waals surface area contributed by atoms with Gasteiger partial charge in [0.25, 0.3) is 5.69 Å². The van der Waals surface area contributed by atoms with E-state index in [1.54, 1.807) is 12.1 Å². The lowest BCUT2D eigenvalue weighted by Gasteiger charge is -2.21. The quantitative estimate of drug-likeness (QED) is 0.325. The number of hydrogen-bond donors (Lipinski definition) is 0. The molecule has 5 rings (SSSR count). The Hall–Kier alpha value is -3.66. The monoisotopic (exact) mass is 423 g/mol. The average Bonchev–Trinajstić information content (AvgIpc) is 3.02. The van der Waals surface area contributed by atoms with Crippen molar-refractivity contribution in [2.75, 3.05) is 0 Å². The van der Waals surface area contributed by atoms with Gasteiger partial charge in [-0.1, -0.05) is 67.1 Å². The Morgan fingerprint density at radius 1 is 0.781 bits per heavy atom. The Labute approximate surface area is 188 Å². The first kappa shape index (κ1) is 20.3. The first-order valence-electron chi connectivity index (χ1n) is 11.2. The molecule has 0 N–H and O–H groups in total. The third-order valence-corrected chi connectivity index (χ3v) is 6.32. The Balaban J connectivity index is 1.74. The number of ether oxygens (including phenoxy) is 1. The fraction of sp³-hybridized carbons (Fsp3) is 0.214. The summed E-state index contributed by atoms with van der Waals surface area (Å²) in [6.07, 6.45) is 5.16. The Bertz CT molecular complexity index is 1140. The van der Waals surface area contributed by atoms with Gasteiger partial charge in [0.05, 0.1) is 4.92 Å². The number of non-ortho nitro benzene ring substituents is 1. The molecule has 0 saturated carbocycles. The van der Waals surface area contributed by atoms with Crippen LogP contribution in [0.25, 0.3) is 5.57 Å². The lowest BCUT2D eigenvalue weighted by molar-refractivity contribution is -0.384. The number of hydrogen-bond acceptors (Lipinski definition) is 3. The maximum absolute atomic E-state index is 11.2. The van der Waals surface area contributed by atoms with Crippen molar-refractivity contribution < 1.29 is 9.66 Å². The van der Waals surface area contributed by atoms with Crippen molar-refractivity contribution >= 4 is 11.3 Å². The molecule has 1 aliphatic carbocycles. The third-order valence-electron chi connectivity index (χ3n) is 6.32. The summed E-state index contributed by atoms with van der Waals surface area (Å²) < 4.78 is 6.62. The fourth-order valence-electron chi connectivity index (χ4n) is 4.80. The zero-order valence-corrected chi connectivity index (χ0v) is 17.9. The summed E-state index contributed by atoms with van der Waals surface area (Å²) in [4.78, 5) is 10.8. The van der Waals surface area contributed by atoms with E-state index >= 15 is 0 Å². The maximum Gasteiger partial charge on any atom is 0.269 e. The van der Waals surface area contributed by atoms with Crippen molar-refractivity contribution in [3.63, 3.8) is 0 Å². The van der Waals surface area contributed by atoms with Gasteiger partial charge in [-0.2, -0.15) is 0 Å². The van der Waals surface area contributed by atoms with Crippen LogP contribution in [-0.4, -0.2) is 4.92 Å². The van der Waals surface area contributed by atoms with Gasteiger partial charge in [0.2, 0.25) is 0 Å². The summed E-state index contributed by atoms with van der Waals surface area (Å²) in [5.41, 5.74) is 7.05. The molecule has 0 aromatic heterocycles. The van der Waals surface area contributed by atoms with Gasteiger partial charge in [-0.25, -0.2) is 0 Å². The molecule has 0 radical (unpaired) electrons. The smallest absolute Gasteiger partial charge is 0.269 e. The highest BCUT2D eigenvalue weighted by molar-refractivity contribution is 5.86. The molecule has 0 bridgehead atoms. The van der Waals surface area contributed by atoms with Crippen molar-refractivity contribution in [3.05, 3.63) is 129 Å². The Morgan fingerprint density at radius 2 is 1.38 bits per heavy atom. The molecular weight excluding hydrogens is 398 g/mol. The molecule has 1 heterocycles. The number of rotatable bonds is 4. The molecule has 3 aromatic rings. The topological polar surface area (TPSA) is 52.4 Å². The molecule has 0 fully saturated rings. The van der Waals surface area contributed by atoms with E-state index in [9.17, 15) is 10.1 Å². The summed E-state index contributed by atoms with van der Waals surface area (Å²) in [6, 6.07) is 27.8. The minimum Gasteiger partial charge on any atom is -0.485 e. The molecule has 4 heteroatoms. The lowest BCUT2D eigenvalue weighted by Crippen LogP contribution is -2.06. The third kappa shape index (κ3) is 3.84. The highest BCUT2D eigenvalue weighted by atomic mass is 16.6. The van der Waals surface area contributed by atoms with Crippen LogP contribution in [0.3, 0.4) is 0 Å². The normalized spacial score (nSPS) is 18.0. The average molecular weight is 424 g/mol. The standard InChI is InChI=1S/C28H25NO3/c30-29(31)23-18-16-22(17-19-23)28-27(24-14-8-3-9-15-25(24)32-28)26(20-10-4-1-5-11-20)21-12-6-2-7-13-21/h1-2,4-7,10-13,16-19,28H,3,8-9,14-15H2. The van der Waals surface area contributed by atoms with Gasteiger partial charge in [-0.05, 0) is 59.2 Å². The predicted molar refractivity (Wildman–Crippen MR) is 126 cm³/mol. The molecule has 2 aliphatic rings. The van der Waals surface area contributed by atoms with Crippen LogP contribution in [0.5, 0.6) is 0 Å². The minimum atomic E-state index is -0.358. The van der Waals surface area contributed by atoms with Gasteiger partial charge in [-0.15, -0.1) is 0 Å². The molecule has 0 amide bonds. The van der Waals surface area contributed by atoms with Crippen molar-refractivity contribution in [1.29, 1.82) is 0 Å². The molecule has 0 saturated heterocycles. The van der Waals surface area contributed by atoms with Crippen LogP contribution >= 0.6 is 0 Å². The first-order valence-corrected chi connectivity index (χ1v) is 11.2. The SMILES string of the molecule is O=[N+]([O-])c1ccc(C2OC3=C(CCCCC3)C2=C(c2ccccc2)c2ccccc2)cc1. The van der Waals surface area contributed by atoms with E-state index in [1.807, 2.05) is 24.3 Å². The van der Waals surface area contributed by atoms with E-state index < -0.39 is 0 Å². The van der Waals surface area contributed by atoms with Crippen LogP contribution in [0.2, 0.25) is 0 Å². The van der Waals surface area contributed by atoms with Gasteiger partial charge in [0, 0.05) is 24.1 Å². The van der Waals surface area contributed by atoms with E-state index in [2.05, 4.69) is 48.5 Å². The van der Waals surface area contributed by atoms with Crippen molar-refractivity contribution in [3.8, 4) is 0 Å². The highest BCUT2D eigenvalue weighted by Crippen LogP contribution is 2.50. The van der Waals surface area contributed by atoms with E-state index in [1.165, 1.54) is 23.1 Å². The van der Waals surface area contributed by atoms with Crippen LogP contribution in [-0.2, 0) is 4.74 Å². The van der Waals surface area contributed by atoms with E-state index in [-0.39, 0.29) is 16.7 Å². The van der Waals surface area contributed by atoms with E-state index in [0.717, 1.165) is 48.1 Å². The highest BCUT2D eigenvalue weighted by Gasteiger charge is 2.36. The fourth-order valence-corrected chi connectivity index (χ4v) is 4.80. The largest absolute Gasteiger partial charge is 0.485 e. The molecule has 32 heavy (non-hydrogen) atoms. The molecule has 1 unspecified atom stereocenters. The van der Waals surface area contributed by atoms with Crippen LogP contribution in [0.15, 0.2) is 102 Å². The number of nitrogens with zero attached hydrogens (tertiary/aromatic N) is 1. The minimum absolute atomic E-state index is 0.0955. The van der Waals surface area contributed by atoms with Crippen molar-refractivity contribution in [2.24, 2.45) is 0 Å². The maximum atomic E-state index is 11.2. The summed E-state index contributed by atoms with van der Waals surface area (Å²) >= 11 is 0. The van der Waals surface area contributed by atoms with E-state index in [4.69, 9.17) is 4.74 Å². The zero-order valence-electron chi connectivity index (χ0n) is 17.9. The van der Waals surface area contributed by atoms with Gasteiger partial charge >= 0.3 is 0 Å². The second kappa shape index (κ2) is 8.83. The number of benzene rings is 3. The van der Waals surface area contributed by atoms with Crippen LogP contribution in [0.1, 0.15) is 54.9 Å². The Kier molecular flexibility index (Phi) is 5.59. The summed E-state index contributed by atoms with van der Waals surface area (Å²) in [7, 11) is 0. The number of nitro groups is 1. The van der Waals surface area contributed by atoms with E-state index in [0.29, 0.717) is 0 Å². The van der Waals surface area contributed by atoms with Crippen molar-refractivity contribution in [1.82, 2.24) is 0 Å². The second-order valence-corrected chi connectivity index (χ2v) is 8.33. The molecule has 0 spiro atoms. The Morgan fingerprint density at radius 3 is 1.97 bits per heavy atom. The zero-order chi connectivity index (χ0) is 21.9. The second-order valence-electron chi connectivity index (χ2n) is 8.33. The van der Waals surface area contributed by atoms with Gasteiger partial charge in [-0.3, -0.25) is 10.1 Å². The van der Waals surface area contributed by atoms with Gasteiger partial charge < -0.3 is 4.74 Å². The molecule has 160 valence electrons. The molecule has 4 nitrogen and oxygen atoms in total. The molecule has 3 aromatic carbocycles. The predicted octanol–water partition coefficient (Wildman–Crippen LogP) is 7.39. The van der Waals surface area contributed by atoms with Crippen LogP contribution in [0, 0.1) is 10.1 Å². The molecular formula is C28H25NO3. The summed E-state index contributed by atoms with van der Waals surface area (Å²) in [6.45, 7) is 0. The number of nitro benzene ring substituents is 1. The molecule has 1 aliphatic heterocycles. The summed E-state index contributed by atoms with van der Waals surface area (Å²) in [5, 5.41) is 11.2. The first-order chi connectivity index (χ1) is 15.7. The van der Waals surface area contributed by atoms with Crippen molar-refractivity contribution in [2.45, 2.75) is 38.2 Å². The lowest BCUT2D eigenvalue weighted by atomic mass is 9.84.